The monoisotopic (exact) mass is 162 g/mol. The number of likely N-dealkylation sites (tertiary alicyclic amines) is 1. The summed E-state index contributed by atoms with van der Waals surface area (Å²) in [5.41, 5.74) is 0. The van der Waals surface area contributed by atoms with Crippen LogP contribution in [0, 0.1) is 23.7 Å². The van der Waals surface area contributed by atoms with Gasteiger partial charge >= 0.3 is 0 Å². The number of terminal acetylenes is 1. The highest BCUT2D eigenvalue weighted by molar-refractivity contribution is 4.96. The third kappa shape index (κ3) is 2.26. The molecule has 2 nitrogen and oxygen atoms in total. The van der Waals surface area contributed by atoms with Gasteiger partial charge in [0, 0.05) is 13.0 Å². The fourth-order valence-electron chi connectivity index (χ4n) is 1.62. The number of unbranched alkanes of at least 4 members (excludes halogenated alkanes) is 1. The van der Waals surface area contributed by atoms with E-state index in [1.807, 2.05) is 0 Å². The zero-order valence-corrected chi connectivity index (χ0v) is 7.29. The largest absolute Gasteiger partial charge is 0.288 e. The van der Waals surface area contributed by atoms with Crippen molar-refractivity contribution in [1.82, 2.24) is 4.90 Å². The second-order valence-corrected chi connectivity index (χ2v) is 3.13. The van der Waals surface area contributed by atoms with E-state index in [1.54, 1.807) is 0 Å². The van der Waals surface area contributed by atoms with Gasteiger partial charge in [-0.25, -0.2) is 0 Å². The molecule has 1 atom stereocenters. The van der Waals surface area contributed by atoms with E-state index in [1.165, 1.54) is 0 Å². The van der Waals surface area contributed by atoms with Crippen LogP contribution >= 0.6 is 0 Å². The molecule has 0 bridgehead atoms. The van der Waals surface area contributed by atoms with Gasteiger partial charge in [-0.3, -0.25) is 4.90 Å². The highest BCUT2D eigenvalue weighted by Crippen LogP contribution is 2.16. The Balaban J connectivity index is 2.23. The minimum absolute atomic E-state index is 0.155. The van der Waals surface area contributed by atoms with Crippen LogP contribution in [0.4, 0.5) is 0 Å². The van der Waals surface area contributed by atoms with Crippen LogP contribution in [0.3, 0.4) is 0 Å². The Morgan fingerprint density at radius 3 is 3.08 bits per heavy atom. The van der Waals surface area contributed by atoms with Crippen LogP contribution < -0.4 is 0 Å². The minimum atomic E-state index is 0.155. The summed E-state index contributed by atoms with van der Waals surface area (Å²) in [5, 5.41) is 8.76. The first kappa shape index (κ1) is 9.10. The molecule has 12 heavy (non-hydrogen) atoms. The molecule has 0 aromatic rings. The van der Waals surface area contributed by atoms with E-state index < -0.39 is 0 Å². The lowest BCUT2D eigenvalue weighted by atomic mass is 10.2. The molecule has 0 aromatic heterocycles. The number of hydrogen-bond acceptors (Lipinski definition) is 2. The molecule has 1 aliphatic heterocycles. The molecule has 1 aliphatic rings. The minimum Gasteiger partial charge on any atom is -0.288 e. The van der Waals surface area contributed by atoms with Crippen LogP contribution in [0.15, 0.2) is 0 Å². The van der Waals surface area contributed by atoms with E-state index in [2.05, 4.69) is 16.9 Å². The van der Waals surface area contributed by atoms with Crippen molar-refractivity contribution in [3.63, 3.8) is 0 Å². The second-order valence-electron chi connectivity index (χ2n) is 3.13. The van der Waals surface area contributed by atoms with Crippen LogP contribution in [0.25, 0.3) is 0 Å². The van der Waals surface area contributed by atoms with E-state index in [4.69, 9.17) is 11.7 Å². The number of rotatable bonds is 3. The van der Waals surface area contributed by atoms with Crippen molar-refractivity contribution in [2.24, 2.45) is 0 Å². The molecule has 0 N–H and O–H groups in total. The van der Waals surface area contributed by atoms with Gasteiger partial charge in [0.05, 0.1) is 12.1 Å². The summed E-state index contributed by atoms with van der Waals surface area (Å²) in [7, 11) is 0. The third-order valence-corrected chi connectivity index (χ3v) is 2.28. The highest BCUT2D eigenvalue weighted by Gasteiger charge is 2.22. The topological polar surface area (TPSA) is 27.0 Å². The lowest BCUT2D eigenvalue weighted by molar-refractivity contribution is 0.292. The van der Waals surface area contributed by atoms with Crippen molar-refractivity contribution in [3.8, 4) is 18.4 Å². The number of nitriles is 1. The van der Waals surface area contributed by atoms with Gasteiger partial charge in [-0.1, -0.05) is 0 Å². The molecule has 0 aromatic carbocycles. The van der Waals surface area contributed by atoms with Gasteiger partial charge in [0.2, 0.25) is 0 Å². The molecule has 2 heteroatoms. The third-order valence-electron chi connectivity index (χ3n) is 2.28. The van der Waals surface area contributed by atoms with Gasteiger partial charge in [0.25, 0.3) is 0 Å². The summed E-state index contributed by atoms with van der Waals surface area (Å²) < 4.78 is 0. The Bertz CT molecular complexity index is 209. The first-order chi connectivity index (χ1) is 5.88. The van der Waals surface area contributed by atoms with Gasteiger partial charge in [-0.2, -0.15) is 5.26 Å². The average molecular weight is 162 g/mol. The first-order valence-electron chi connectivity index (χ1n) is 4.45. The molecule has 0 aliphatic carbocycles. The van der Waals surface area contributed by atoms with Gasteiger partial charge in [-0.15, -0.1) is 12.3 Å². The lowest BCUT2D eigenvalue weighted by Crippen LogP contribution is -2.28. The van der Waals surface area contributed by atoms with Crippen molar-refractivity contribution < 1.29 is 0 Å². The summed E-state index contributed by atoms with van der Waals surface area (Å²) in [6, 6.07) is 2.47. The number of nitrogens with zero attached hydrogens (tertiary/aromatic N) is 2. The summed E-state index contributed by atoms with van der Waals surface area (Å²) in [6.45, 7) is 2.06. The summed E-state index contributed by atoms with van der Waals surface area (Å²) >= 11 is 0. The molecule has 1 heterocycles. The molecular weight excluding hydrogens is 148 g/mol. The zero-order chi connectivity index (χ0) is 8.81. The maximum atomic E-state index is 8.76. The van der Waals surface area contributed by atoms with Crippen molar-refractivity contribution >= 4 is 0 Å². The Kier molecular flexibility index (Phi) is 3.64. The molecule has 1 unspecified atom stereocenters. The standard InChI is InChI=1S/C10H14N2/c1-2-3-4-7-12-8-5-6-10(12)9-11/h1,10H,3-8H2. The van der Waals surface area contributed by atoms with E-state index >= 15 is 0 Å². The molecule has 0 saturated carbocycles. The highest BCUT2D eigenvalue weighted by atomic mass is 15.2. The SMILES string of the molecule is C#CCCCN1CCCC1C#N. The van der Waals surface area contributed by atoms with E-state index in [0.29, 0.717) is 0 Å². The van der Waals surface area contributed by atoms with Crippen LogP contribution in [0.5, 0.6) is 0 Å². The summed E-state index contributed by atoms with van der Waals surface area (Å²) in [5.74, 6) is 2.61. The smallest absolute Gasteiger partial charge is 0.0978 e. The molecule has 64 valence electrons. The first-order valence-corrected chi connectivity index (χ1v) is 4.45. The van der Waals surface area contributed by atoms with Crippen LogP contribution in [-0.4, -0.2) is 24.0 Å². The Hall–Kier alpha value is -0.990. The van der Waals surface area contributed by atoms with Crippen LogP contribution in [0.2, 0.25) is 0 Å². The predicted octanol–water partition coefficient (Wildman–Crippen LogP) is 1.39. The Labute approximate surface area is 74.2 Å². The van der Waals surface area contributed by atoms with Crippen molar-refractivity contribution in [2.75, 3.05) is 13.1 Å². The van der Waals surface area contributed by atoms with Crippen LogP contribution in [-0.2, 0) is 0 Å². The van der Waals surface area contributed by atoms with Crippen LogP contribution in [0.1, 0.15) is 25.7 Å². The van der Waals surface area contributed by atoms with E-state index in [9.17, 15) is 0 Å². The van der Waals surface area contributed by atoms with Gasteiger partial charge in [0.15, 0.2) is 0 Å². The molecule has 1 fully saturated rings. The molecule has 0 spiro atoms. The fraction of sp³-hybridized carbons (Fsp3) is 0.700. The molecule has 0 amide bonds. The maximum Gasteiger partial charge on any atom is 0.0978 e. The molecule has 0 radical (unpaired) electrons. The molecular formula is C10H14N2. The fourth-order valence-corrected chi connectivity index (χ4v) is 1.62. The Morgan fingerprint density at radius 1 is 1.58 bits per heavy atom. The van der Waals surface area contributed by atoms with Gasteiger partial charge in [0.1, 0.15) is 0 Å². The Morgan fingerprint density at radius 2 is 2.42 bits per heavy atom. The maximum absolute atomic E-state index is 8.76. The van der Waals surface area contributed by atoms with Crippen molar-refractivity contribution in [2.45, 2.75) is 31.7 Å². The molecule has 1 rings (SSSR count). The lowest BCUT2D eigenvalue weighted by Gasteiger charge is -2.17. The average Bonchev–Trinajstić information content (AvgIpc) is 2.52. The predicted molar refractivity (Wildman–Crippen MR) is 48.3 cm³/mol. The number of hydrogen-bond donors (Lipinski definition) is 0. The summed E-state index contributed by atoms with van der Waals surface area (Å²) in [4.78, 5) is 2.23. The molecule has 1 saturated heterocycles. The van der Waals surface area contributed by atoms with E-state index in [-0.39, 0.29) is 6.04 Å². The zero-order valence-electron chi connectivity index (χ0n) is 7.29. The van der Waals surface area contributed by atoms with Gasteiger partial charge < -0.3 is 0 Å². The summed E-state index contributed by atoms with van der Waals surface area (Å²) in [6.07, 6.45) is 9.19. The van der Waals surface area contributed by atoms with Crippen molar-refractivity contribution in [3.05, 3.63) is 0 Å². The normalized spacial score (nSPS) is 23.3. The van der Waals surface area contributed by atoms with Gasteiger partial charge in [-0.05, 0) is 25.8 Å². The quantitative estimate of drug-likeness (QED) is 0.463. The van der Waals surface area contributed by atoms with E-state index in [0.717, 1.165) is 38.8 Å². The van der Waals surface area contributed by atoms with Crippen molar-refractivity contribution in [1.29, 1.82) is 5.26 Å². The second kappa shape index (κ2) is 4.80.